The summed E-state index contributed by atoms with van der Waals surface area (Å²) in [6, 6.07) is 2.14. The molecule has 0 radical (unpaired) electrons. The van der Waals surface area contributed by atoms with E-state index in [0.717, 1.165) is 13.1 Å². The molecule has 0 aliphatic heterocycles. The van der Waals surface area contributed by atoms with Gasteiger partial charge in [-0.2, -0.15) is 0 Å². The van der Waals surface area contributed by atoms with Crippen molar-refractivity contribution < 1.29 is 5.11 Å². The Balaban J connectivity index is 1.73. The molecule has 0 atom stereocenters. The van der Waals surface area contributed by atoms with Crippen LogP contribution in [0.1, 0.15) is 18.4 Å². The van der Waals surface area contributed by atoms with E-state index in [4.69, 9.17) is 5.11 Å². The van der Waals surface area contributed by atoms with Crippen molar-refractivity contribution in [2.24, 2.45) is 5.41 Å². The molecule has 1 aromatic rings. The summed E-state index contributed by atoms with van der Waals surface area (Å²) in [5, 5.41) is 14.7. The molecule has 0 aromatic carbocycles. The SMILES string of the molecule is OCC1(CNCc2csc(Br)c2)CC1. The van der Waals surface area contributed by atoms with Gasteiger partial charge in [-0.25, -0.2) is 0 Å². The fraction of sp³-hybridized carbons (Fsp3) is 0.600. The summed E-state index contributed by atoms with van der Waals surface area (Å²) in [4.78, 5) is 0. The highest BCUT2D eigenvalue weighted by Crippen LogP contribution is 2.44. The molecule has 2 N–H and O–H groups in total. The highest BCUT2D eigenvalue weighted by atomic mass is 79.9. The molecule has 0 spiro atoms. The fourth-order valence-corrected chi connectivity index (χ4v) is 2.69. The lowest BCUT2D eigenvalue weighted by Crippen LogP contribution is -2.25. The van der Waals surface area contributed by atoms with Gasteiger partial charge in [0.15, 0.2) is 0 Å². The van der Waals surface area contributed by atoms with Crippen LogP contribution in [-0.2, 0) is 6.54 Å². The summed E-state index contributed by atoms with van der Waals surface area (Å²) in [6.07, 6.45) is 2.34. The van der Waals surface area contributed by atoms with Gasteiger partial charge >= 0.3 is 0 Å². The van der Waals surface area contributed by atoms with Crippen LogP contribution < -0.4 is 5.32 Å². The number of halogens is 1. The molecule has 0 unspecified atom stereocenters. The number of aliphatic hydroxyl groups is 1. The van der Waals surface area contributed by atoms with Crippen LogP contribution >= 0.6 is 27.3 Å². The lowest BCUT2D eigenvalue weighted by molar-refractivity contribution is 0.207. The Morgan fingerprint density at radius 2 is 2.36 bits per heavy atom. The third-order valence-electron chi connectivity index (χ3n) is 2.74. The van der Waals surface area contributed by atoms with Gasteiger partial charge in [-0.15, -0.1) is 11.3 Å². The molecule has 0 amide bonds. The Bertz CT molecular complexity index is 309. The highest BCUT2D eigenvalue weighted by molar-refractivity contribution is 9.11. The summed E-state index contributed by atoms with van der Waals surface area (Å²) in [6.45, 7) is 2.17. The molecule has 1 aliphatic rings. The van der Waals surface area contributed by atoms with E-state index < -0.39 is 0 Å². The largest absolute Gasteiger partial charge is 0.396 e. The zero-order chi connectivity index (χ0) is 10.0. The molecule has 2 nitrogen and oxygen atoms in total. The molecule has 1 aliphatic carbocycles. The van der Waals surface area contributed by atoms with E-state index in [-0.39, 0.29) is 5.41 Å². The van der Waals surface area contributed by atoms with Gasteiger partial charge in [-0.3, -0.25) is 0 Å². The van der Waals surface area contributed by atoms with E-state index in [1.54, 1.807) is 11.3 Å². The van der Waals surface area contributed by atoms with Crippen molar-refractivity contribution in [3.05, 3.63) is 20.8 Å². The smallest absolute Gasteiger partial charge is 0.0701 e. The first-order valence-electron chi connectivity index (χ1n) is 4.79. The van der Waals surface area contributed by atoms with E-state index in [1.165, 1.54) is 22.2 Å². The predicted octanol–water partition coefficient (Wildman–Crippen LogP) is 2.37. The Hall–Kier alpha value is 0.100. The van der Waals surface area contributed by atoms with Gasteiger partial charge < -0.3 is 10.4 Å². The molecule has 14 heavy (non-hydrogen) atoms. The van der Waals surface area contributed by atoms with Crippen LogP contribution in [0.25, 0.3) is 0 Å². The van der Waals surface area contributed by atoms with Gasteiger partial charge in [0, 0.05) is 25.1 Å². The van der Waals surface area contributed by atoms with Crippen LogP contribution in [0.4, 0.5) is 0 Å². The second-order valence-electron chi connectivity index (χ2n) is 4.02. The monoisotopic (exact) mass is 275 g/mol. The quantitative estimate of drug-likeness (QED) is 0.865. The first kappa shape index (κ1) is 10.6. The van der Waals surface area contributed by atoms with Gasteiger partial charge in [-0.05, 0) is 45.8 Å². The zero-order valence-electron chi connectivity index (χ0n) is 7.92. The molecule has 0 saturated heterocycles. The topological polar surface area (TPSA) is 32.3 Å². The molecule has 78 valence electrons. The molecule has 1 aromatic heterocycles. The van der Waals surface area contributed by atoms with Crippen molar-refractivity contribution >= 4 is 27.3 Å². The average molecular weight is 276 g/mol. The van der Waals surface area contributed by atoms with Gasteiger partial charge in [0.1, 0.15) is 0 Å². The lowest BCUT2D eigenvalue weighted by Gasteiger charge is -2.11. The zero-order valence-corrected chi connectivity index (χ0v) is 10.3. The van der Waals surface area contributed by atoms with Gasteiger partial charge in [-0.1, -0.05) is 0 Å². The normalized spacial score (nSPS) is 18.4. The number of nitrogens with one attached hydrogen (secondary N) is 1. The van der Waals surface area contributed by atoms with Crippen LogP contribution in [0.15, 0.2) is 15.2 Å². The maximum atomic E-state index is 9.11. The maximum Gasteiger partial charge on any atom is 0.0701 e. The van der Waals surface area contributed by atoms with E-state index in [9.17, 15) is 0 Å². The standard InChI is InChI=1S/C10H14BrNOS/c11-9-3-8(5-14-9)4-12-6-10(7-13)1-2-10/h3,5,12-13H,1-2,4,6-7H2. The van der Waals surface area contributed by atoms with E-state index in [0.29, 0.717) is 6.61 Å². The Labute approximate surface area is 96.5 Å². The Morgan fingerprint density at radius 3 is 2.86 bits per heavy atom. The highest BCUT2D eigenvalue weighted by Gasteiger charge is 2.41. The number of thiophene rings is 1. The number of hydrogen-bond acceptors (Lipinski definition) is 3. The lowest BCUT2D eigenvalue weighted by atomic mass is 10.1. The van der Waals surface area contributed by atoms with Gasteiger partial charge in [0.05, 0.1) is 3.79 Å². The van der Waals surface area contributed by atoms with E-state index in [2.05, 4.69) is 32.7 Å². The van der Waals surface area contributed by atoms with Crippen molar-refractivity contribution in [3.63, 3.8) is 0 Å². The minimum Gasteiger partial charge on any atom is -0.396 e. The fourth-order valence-electron chi connectivity index (χ4n) is 1.48. The molecule has 1 saturated carbocycles. The molecular formula is C10H14BrNOS. The average Bonchev–Trinajstić information content (AvgIpc) is 2.84. The molecule has 2 rings (SSSR count). The number of aliphatic hydroxyl groups excluding tert-OH is 1. The third kappa shape index (κ3) is 2.57. The first-order chi connectivity index (χ1) is 6.74. The summed E-state index contributed by atoms with van der Waals surface area (Å²) >= 11 is 5.15. The summed E-state index contributed by atoms with van der Waals surface area (Å²) in [7, 11) is 0. The van der Waals surface area contributed by atoms with Crippen molar-refractivity contribution in [3.8, 4) is 0 Å². The van der Waals surface area contributed by atoms with Gasteiger partial charge in [0.2, 0.25) is 0 Å². The Morgan fingerprint density at radius 1 is 1.57 bits per heavy atom. The molecule has 1 heterocycles. The molecular weight excluding hydrogens is 262 g/mol. The van der Waals surface area contributed by atoms with Crippen LogP contribution in [0.3, 0.4) is 0 Å². The predicted molar refractivity (Wildman–Crippen MR) is 62.5 cm³/mol. The minimum atomic E-state index is 0.216. The second-order valence-corrected chi connectivity index (χ2v) is 6.31. The van der Waals surface area contributed by atoms with E-state index in [1.807, 2.05) is 0 Å². The maximum absolute atomic E-state index is 9.11. The third-order valence-corrected chi connectivity index (χ3v) is 4.30. The minimum absolute atomic E-state index is 0.216. The van der Waals surface area contributed by atoms with Crippen LogP contribution in [0, 0.1) is 5.41 Å². The van der Waals surface area contributed by atoms with Crippen molar-refractivity contribution in [2.75, 3.05) is 13.2 Å². The number of rotatable bonds is 5. The second kappa shape index (κ2) is 4.31. The summed E-state index contributed by atoms with van der Waals surface area (Å²) in [5.74, 6) is 0. The number of hydrogen-bond donors (Lipinski definition) is 2. The van der Waals surface area contributed by atoms with Gasteiger partial charge in [0.25, 0.3) is 0 Å². The van der Waals surface area contributed by atoms with Crippen LogP contribution in [0.2, 0.25) is 0 Å². The Kier molecular flexibility index (Phi) is 3.27. The summed E-state index contributed by atoms with van der Waals surface area (Å²) < 4.78 is 1.18. The first-order valence-corrected chi connectivity index (χ1v) is 6.46. The van der Waals surface area contributed by atoms with Crippen LogP contribution in [-0.4, -0.2) is 18.3 Å². The van der Waals surface area contributed by atoms with E-state index >= 15 is 0 Å². The molecule has 4 heteroatoms. The van der Waals surface area contributed by atoms with Crippen LogP contribution in [0.5, 0.6) is 0 Å². The molecule has 1 fully saturated rings. The molecule has 0 bridgehead atoms. The van der Waals surface area contributed by atoms with Crippen molar-refractivity contribution in [1.82, 2.24) is 5.32 Å². The van der Waals surface area contributed by atoms with Crippen molar-refractivity contribution in [2.45, 2.75) is 19.4 Å². The van der Waals surface area contributed by atoms with Crippen molar-refractivity contribution in [1.29, 1.82) is 0 Å². The summed E-state index contributed by atoms with van der Waals surface area (Å²) in [5.41, 5.74) is 1.53.